The van der Waals surface area contributed by atoms with E-state index in [9.17, 15) is 24.3 Å². The van der Waals surface area contributed by atoms with Crippen molar-refractivity contribution in [2.24, 2.45) is 28.1 Å². The number of nitrogens with zero attached hydrogens (tertiary/aromatic N) is 2. The van der Waals surface area contributed by atoms with E-state index in [1.807, 2.05) is 6.92 Å². The number of hydrogen-bond donors (Lipinski definition) is 8. The molecule has 11 N–H and O–H groups in total. The number of nitrogens with two attached hydrogens (primary N) is 3. The van der Waals surface area contributed by atoms with Crippen molar-refractivity contribution in [3.63, 3.8) is 0 Å². The molecule has 0 saturated carbocycles. The Kier molecular flexibility index (Phi) is 12.1. The minimum absolute atomic E-state index is 0.000619. The molecule has 0 saturated heterocycles. The first-order chi connectivity index (χ1) is 16.0. The molecule has 1 aromatic rings. The Morgan fingerprint density at radius 1 is 1.21 bits per heavy atom. The van der Waals surface area contributed by atoms with Crippen molar-refractivity contribution in [1.82, 2.24) is 25.9 Å². The number of aromatic nitrogens is 2. The summed E-state index contributed by atoms with van der Waals surface area (Å²) >= 11 is 0. The lowest BCUT2D eigenvalue weighted by atomic mass is 9.97. The predicted molar refractivity (Wildman–Crippen MR) is 124 cm³/mol. The van der Waals surface area contributed by atoms with Crippen LogP contribution >= 0.6 is 0 Å². The third kappa shape index (κ3) is 10.3. The molecule has 0 aliphatic heterocycles. The molecule has 0 fully saturated rings. The molecule has 0 aliphatic rings. The van der Waals surface area contributed by atoms with E-state index in [0.29, 0.717) is 31.5 Å². The van der Waals surface area contributed by atoms with Gasteiger partial charge in [-0.15, -0.1) is 0 Å². The van der Waals surface area contributed by atoms with Gasteiger partial charge >= 0.3 is 5.97 Å². The molecule has 3 amide bonds. The van der Waals surface area contributed by atoms with Gasteiger partial charge in [-0.1, -0.05) is 20.3 Å². The number of rotatable bonds is 15. The summed E-state index contributed by atoms with van der Waals surface area (Å²) in [6, 6.07) is -3.06. The van der Waals surface area contributed by atoms with Gasteiger partial charge in [-0.3, -0.25) is 19.4 Å². The van der Waals surface area contributed by atoms with Gasteiger partial charge in [0, 0.05) is 24.9 Å². The fourth-order valence-electron chi connectivity index (χ4n) is 2.95. The Balaban J connectivity index is 2.63. The fourth-order valence-corrected chi connectivity index (χ4v) is 2.95. The van der Waals surface area contributed by atoms with Crippen LogP contribution in [0.3, 0.4) is 0 Å². The molecule has 0 bridgehead atoms. The SMILES string of the molecule is CCC(C)C(NC(=O)CNC(=O)C(N)CCCN=C(N)N)C(=O)NC(Cc1cnc[nH]1)C(=O)O. The normalized spacial score (nSPS) is 14.2. The van der Waals surface area contributed by atoms with E-state index in [2.05, 4.69) is 30.9 Å². The van der Waals surface area contributed by atoms with Gasteiger partial charge in [0.25, 0.3) is 0 Å². The minimum atomic E-state index is -1.22. The highest BCUT2D eigenvalue weighted by Crippen LogP contribution is 2.09. The zero-order chi connectivity index (χ0) is 25.7. The Hall–Kier alpha value is -3.68. The summed E-state index contributed by atoms with van der Waals surface area (Å²) in [7, 11) is 0. The first-order valence-corrected chi connectivity index (χ1v) is 10.9. The van der Waals surface area contributed by atoms with Crippen LogP contribution in [-0.2, 0) is 25.6 Å². The summed E-state index contributed by atoms with van der Waals surface area (Å²) in [5, 5.41) is 16.9. The molecule has 190 valence electrons. The molecule has 34 heavy (non-hydrogen) atoms. The second kappa shape index (κ2) is 14.5. The Morgan fingerprint density at radius 3 is 2.47 bits per heavy atom. The molecule has 0 aliphatic carbocycles. The van der Waals surface area contributed by atoms with E-state index in [-0.39, 0.29) is 18.3 Å². The van der Waals surface area contributed by atoms with E-state index >= 15 is 0 Å². The van der Waals surface area contributed by atoms with Crippen molar-refractivity contribution in [2.45, 2.75) is 57.7 Å². The fraction of sp³-hybridized carbons (Fsp3) is 0.600. The number of hydrogen-bond acceptors (Lipinski definition) is 7. The van der Waals surface area contributed by atoms with Crippen molar-refractivity contribution in [1.29, 1.82) is 0 Å². The third-order valence-corrected chi connectivity index (χ3v) is 5.13. The molecule has 1 aromatic heterocycles. The molecule has 4 atom stereocenters. The Bertz CT molecular complexity index is 839. The third-order valence-electron chi connectivity index (χ3n) is 5.13. The summed E-state index contributed by atoms with van der Waals surface area (Å²) in [6.07, 6.45) is 4.21. The van der Waals surface area contributed by atoms with E-state index in [4.69, 9.17) is 17.2 Å². The number of carbonyl (C=O) groups is 4. The lowest BCUT2D eigenvalue weighted by Crippen LogP contribution is -2.56. The zero-order valence-corrected chi connectivity index (χ0v) is 19.4. The molecular weight excluding hydrogens is 446 g/mol. The average molecular weight is 482 g/mol. The molecule has 0 aromatic carbocycles. The van der Waals surface area contributed by atoms with Crippen LogP contribution in [0.2, 0.25) is 0 Å². The first-order valence-electron chi connectivity index (χ1n) is 10.9. The quantitative estimate of drug-likeness (QED) is 0.0751. The molecule has 1 heterocycles. The van der Waals surface area contributed by atoms with Gasteiger partial charge in [-0.05, 0) is 18.8 Å². The smallest absolute Gasteiger partial charge is 0.326 e. The molecule has 0 spiro atoms. The summed E-state index contributed by atoms with van der Waals surface area (Å²) in [6.45, 7) is 3.52. The Morgan fingerprint density at radius 2 is 1.91 bits per heavy atom. The Labute approximate surface area is 197 Å². The topological polar surface area (TPSA) is 244 Å². The number of nitrogens with one attached hydrogen (secondary N) is 4. The molecule has 14 nitrogen and oxygen atoms in total. The van der Waals surface area contributed by atoms with Crippen LogP contribution in [0.15, 0.2) is 17.5 Å². The number of imidazole rings is 1. The van der Waals surface area contributed by atoms with Crippen LogP contribution in [0.1, 0.15) is 38.8 Å². The van der Waals surface area contributed by atoms with Gasteiger partial charge < -0.3 is 43.2 Å². The molecule has 1 rings (SSSR count). The monoisotopic (exact) mass is 481 g/mol. The van der Waals surface area contributed by atoms with Crippen molar-refractivity contribution < 1.29 is 24.3 Å². The van der Waals surface area contributed by atoms with E-state index in [1.165, 1.54) is 12.5 Å². The van der Waals surface area contributed by atoms with Crippen molar-refractivity contribution >= 4 is 29.7 Å². The lowest BCUT2D eigenvalue weighted by Gasteiger charge is -2.25. The molecule has 14 heteroatoms. The number of aromatic amines is 1. The summed E-state index contributed by atoms with van der Waals surface area (Å²) < 4.78 is 0. The van der Waals surface area contributed by atoms with Crippen LogP contribution in [0, 0.1) is 5.92 Å². The number of amides is 3. The number of aliphatic carboxylic acids is 1. The number of H-pyrrole nitrogens is 1. The standard InChI is InChI=1S/C20H35N9O5/c1-3-11(2)16(18(32)28-14(19(33)34)7-12-8-24-10-27-12)29-15(30)9-26-17(31)13(21)5-4-6-25-20(22)23/h8,10-11,13-14,16H,3-7,9,21H2,1-2H3,(H,24,27)(H,26,31)(H,28,32)(H,29,30)(H,33,34)(H4,22,23,25). The van der Waals surface area contributed by atoms with Crippen molar-refractivity contribution in [2.75, 3.05) is 13.1 Å². The van der Waals surface area contributed by atoms with Crippen LogP contribution in [0.25, 0.3) is 0 Å². The maximum Gasteiger partial charge on any atom is 0.326 e. The van der Waals surface area contributed by atoms with E-state index in [0.717, 1.165) is 0 Å². The minimum Gasteiger partial charge on any atom is -0.480 e. The maximum absolute atomic E-state index is 12.8. The highest BCUT2D eigenvalue weighted by atomic mass is 16.4. The number of guanidine groups is 1. The molecular formula is C20H35N9O5. The van der Waals surface area contributed by atoms with Gasteiger partial charge in [-0.2, -0.15) is 0 Å². The van der Waals surface area contributed by atoms with Gasteiger partial charge in [-0.25, -0.2) is 9.78 Å². The van der Waals surface area contributed by atoms with Gasteiger partial charge in [0.05, 0.1) is 18.9 Å². The summed E-state index contributed by atoms with van der Waals surface area (Å²) in [5.74, 6) is -3.35. The number of carbonyl (C=O) groups excluding carboxylic acids is 3. The lowest BCUT2D eigenvalue weighted by molar-refractivity contribution is -0.142. The largest absolute Gasteiger partial charge is 0.480 e. The van der Waals surface area contributed by atoms with Crippen LogP contribution in [0.5, 0.6) is 0 Å². The molecule has 0 radical (unpaired) electrons. The number of aliphatic imine (C=N–C) groups is 1. The van der Waals surface area contributed by atoms with Crippen LogP contribution < -0.4 is 33.2 Å². The second-order valence-corrected chi connectivity index (χ2v) is 7.88. The van der Waals surface area contributed by atoms with Crippen molar-refractivity contribution in [3.05, 3.63) is 18.2 Å². The molecule has 4 unspecified atom stereocenters. The maximum atomic E-state index is 12.8. The summed E-state index contributed by atoms with van der Waals surface area (Å²) in [4.78, 5) is 59.3. The highest BCUT2D eigenvalue weighted by Gasteiger charge is 2.30. The average Bonchev–Trinajstić information content (AvgIpc) is 3.30. The second-order valence-electron chi connectivity index (χ2n) is 7.88. The zero-order valence-electron chi connectivity index (χ0n) is 19.4. The van der Waals surface area contributed by atoms with Crippen LogP contribution in [0.4, 0.5) is 0 Å². The van der Waals surface area contributed by atoms with Gasteiger partial charge in [0.2, 0.25) is 17.7 Å². The van der Waals surface area contributed by atoms with Gasteiger partial charge in [0.15, 0.2) is 5.96 Å². The predicted octanol–water partition coefficient (Wildman–Crippen LogP) is -2.45. The first kappa shape index (κ1) is 28.4. The number of carboxylic acids is 1. The highest BCUT2D eigenvalue weighted by molar-refractivity contribution is 5.92. The summed E-state index contributed by atoms with van der Waals surface area (Å²) in [5.41, 5.74) is 16.8. The van der Waals surface area contributed by atoms with Gasteiger partial charge in [0.1, 0.15) is 12.1 Å². The number of carboxylic acid groups (broad SMARTS) is 1. The van der Waals surface area contributed by atoms with Crippen LogP contribution in [-0.4, -0.2) is 75.9 Å². The van der Waals surface area contributed by atoms with E-state index in [1.54, 1.807) is 6.92 Å². The van der Waals surface area contributed by atoms with Crippen molar-refractivity contribution in [3.8, 4) is 0 Å². The van der Waals surface area contributed by atoms with E-state index < -0.39 is 48.4 Å².